The second-order valence-electron chi connectivity index (χ2n) is 5.93. The fraction of sp³-hybridized carbons (Fsp3) is 0.316. The fourth-order valence-electron chi connectivity index (χ4n) is 2.62. The molecule has 0 aliphatic heterocycles. The van der Waals surface area contributed by atoms with Crippen molar-refractivity contribution < 1.29 is 9.21 Å². The third-order valence-corrected chi connectivity index (χ3v) is 5.05. The predicted octanol–water partition coefficient (Wildman–Crippen LogP) is 3.57. The van der Waals surface area contributed by atoms with Crippen molar-refractivity contribution >= 4 is 17.7 Å². The highest BCUT2D eigenvalue weighted by molar-refractivity contribution is 7.99. The minimum atomic E-state index is -0.0111. The largest absolute Gasteiger partial charge is 0.461 e. The Bertz CT molecular complexity index is 831. The van der Waals surface area contributed by atoms with Crippen LogP contribution >= 0.6 is 11.8 Å². The number of benzene rings is 1. The van der Waals surface area contributed by atoms with Gasteiger partial charge in [0.25, 0.3) is 0 Å². The van der Waals surface area contributed by atoms with Crippen LogP contribution < -0.4 is 5.32 Å². The molecule has 0 bridgehead atoms. The first-order chi connectivity index (χ1) is 12.7. The van der Waals surface area contributed by atoms with E-state index in [1.165, 1.54) is 17.3 Å². The monoisotopic (exact) mass is 370 g/mol. The van der Waals surface area contributed by atoms with Gasteiger partial charge in [0.05, 0.1) is 12.0 Å². The molecule has 2 heterocycles. The quantitative estimate of drug-likeness (QED) is 0.614. The Hall–Kier alpha value is -2.54. The van der Waals surface area contributed by atoms with Crippen LogP contribution in [0.2, 0.25) is 0 Å². The first kappa shape index (κ1) is 18.3. The van der Waals surface area contributed by atoms with Gasteiger partial charge in [-0.3, -0.25) is 9.36 Å². The Morgan fingerprint density at radius 1 is 1.23 bits per heavy atom. The maximum absolute atomic E-state index is 12.2. The number of nitrogens with one attached hydrogen (secondary N) is 1. The lowest BCUT2D eigenvalue weighted by Crippen LogP contribution is -2.29. The molecule has 1 amide bonds. The van der Waals surface area contributed by atoms with Gasteiger partial charge < -0.3 is 9.73 Å². The maximum atomic E-state index is 12.2. The van der Waals surface area contributed by atoms with Crippen LogP contribution in [-0.4, -0.2) is 33.0 Å². The summed E-state index contributed by atoms with van der Waals surface area (Å²) in [6.45, 7) is 5.44. The summed E-state index contributed by atoms with van der Waals surface area (Å²) in [6, 6.07) is 13.8. The van der Waals surface area contributed by atoms with Crippen LogP contribution in [0.15, 0.2) is 58.3 Å². The van der Waals surface area contributed by atoms with E-state index >= 15 is 0 Å². The summed E-state index contributed by atoms with van der Waals surface area (Å²) in [4.78, 5) is 12.2. The van der Waals surface area contributed by atoms with Crippen LogP contribution in [0.3, 0.4) is 0 Å². The van der Waals surface area contributed by atoms with Crippen molar-refractivity contribution in [1.82, 2.24) is 20.1 Å². The van der Waals surface area contributed by atoms with Crippen molar-refractivity contribution in [3.05, 3.63) is 54.3 Å². The van der Waals surface area contributed by atoms with E-state index in [-0.39, 0.29) is 11.8 Å². The van der Waals surface area contributed by atoms with Gasteiger partial charge in [0, 0.05) is 13.1 Å². The summed E-state index contributed by atoms with van der Waals surface area (Å²) in [5, 5.41) is 12.1. The molecule has 26 heavy (non-hydrogen) atoms. The number of thioether (sulfide) groups is 1. The summed E-state index contributed by atoms with van der Waals surface area (Å²) >= 11 is 1.38. The van der Waals surface area contributed by atoms with Gasteiger partial charge >= 0.3 is 0 Å². The van der Waals surface area contributed by atoms with E-state index in [1.54, 1.807) is 6.26 Å². The summed E-state index contributed by atoms with van der Waals surface area (Å²) < 4.78 is 7.34. The van der Waals surface area contributed by atoms with E-state index in [0.717, 1.165) is 0 Å². The number of hydrogen-bond donors (Lipinski definition) is 1. The molecule has 6 nitrogen and oxygen atoms in total. The number of carbonyl (C=O) groups is 1. The lowest BCUT2D eigenvalue weighted by Gasteiger charge is -2.13. The fourth-order valence-corrected chi connectivity index (χ4v) is 3.45. The van der Waals surface area contributed by atoms with Crippen molar-refractivity contribution in [2.24, 2.45) is 0 Å². The van der Waals surface area contributed by atoms with Crippen LogP contribution in [-0.2, 0) is 11.3 Å². The summed E-state index contributed by atoms with van der Waals surface area (Å²) in [7, 11) is 0. The SMILES string of the molecule is CCn1c(SCC(=O)NCC(C)c2ccccc2)nnc1-c1ccco1. The van der Waals surface area contributed by atoms with E-state index in [0.29, 0.717) is 35.6 Å². The predicted molar refractivity (Wildman–Crippen MR) is 102 cm³/mol. The molecule has 0 fully saturated rings. The van der Waals surface area contributed by atoms with Crippen molar-refractivity contribution in [2.75, 3.05) is 12.3 Å². The third kappa shape index (κ3) is 4.35. The topological polar surface area (TPSA) is 73.0 Å². The first-order valence-electron chi connectivity index (χ1n) is 8.60. The van der Waals surface area contributed by atoms with Crippen LogP contribution in [0.1, 0.15) is 25.3 Å². The number of carbonyl (C=O) groups excluding carboxylic acids is 1. The highest BCUT2D eigenvalue weighted by Crippen LogP contribution is 2.24. The second-order valence-corrected chi connectivity index (χ2v) is 6.87. The molecule has 1 aromatic carbocycles. The van der Waals surface area contributed by atoms with Crippen molar-refractivity contribution in [2.45, 2.75) is 31.5 Å². The lowest BCUT2D eigenvalue weighted by molar-refractivity contribution is -0.118. The van der Waals surface area contributed by atoms with Gasteiger partial charge in [0.2, 0.25) is 5.91 Å². The standard InChI is InChI=1S/C19H22N4O2S/c1-3-23-18(16-10-7-11-25-16)21-22-19(23)26-13-17(24)20-12-14(2)15-8-5-4-6-9-15/h4-11,14H,3,12-13H2,1-2H3,(H,20,24). The van der Waals surface area contributed by atoms with E-state index in [9.17, 15) is 4.79 Å². The molecule has 0 radical (unpaired) electrons. The minimum Gasteiger partial charge on any atom is -0.461 e. The van der Waals surface area contributed by atoms with Crippen molar-refractivity contribution in [3.63, 3.8) is 0 Å². The molecule has 0 saturated heterocycles. The number of furan rings is 1. The summed E-state index contributed by atoms with van der Waals surface area (Å²) in [6.07, 6.45) is 1.61. The zero-order chi connectivity index (χ0) is 18.4. The number of amides is 1. The smallest absolute Gasteiger partial charge is 0.230 e. The van der Waals surface area contributed by atoms with Gasteiger partial charge in [-0.2, -0.15) is 0 Å². The second kappa shape index (κ2) is 8.71. The molecule has 1 N–H and O–H groups in total. The van der Waals surface area contributed by atoms with Gasteiger partial charge in [0.1, 0.15) is 0 Å². The maximum Gasteiger partial charge on any atom is 0.230 e. The Morgan fingerprint density at radius 3 is 2.73 bits per heavy atom. The van der Waals surface area contributed by atoms with E-state index in [4.69, 9.17) is 4.42 Å². The molecule has 0 aliphatic rings. The van der Waals surface area contributed by atoms with Crippen LogP contribution in [0.25, 0.3) is 11.6 Å². The molecule has 1 atom stereocenters. The van der Waals surface area contributed by atoms with Gasteiger partial charge in [-0.05, 0) is 30.5 Å². The molecule has 0 spiro atoms. The van der Waals surface area contributed by atoms with Crippen LogP contribution in [0, 0.1) is 0 Å². The van der Waals surface area contributed by atoms with E-state index in [2.05, 4.69) is 34.6 Å². The molecule has 3 aromatic rings. The molecule has 136 valence electrons. The lowest BCUT2D eigenvalue weighted by atomic mass is 10.0. The molecule has 3 rings (SSSR count). The van der Waals surface area contributed by atoms with Crippen LogP contribution in [0.4, 0.5) is 0 Å². The van der Waals surface area contributed by atoms with Gasteiger partial charge in [0.15, 0.2) is 16.7 Å². The van der Waals surface area contributed by atoms with Gasteiger partial charge in [-0.25, -0.2) is 0 Å². The Morgan fingerprint density at radius 2 is 2.04 bits per heavy atom. The molecule has 0 aliphatic carbocycles. The Labute approximate surface area is 157 Å². The number of rotatable bonds is 8. The van der Waals surface area contributed by atoms with E-state index < -0.39 is 0 Å². The first-order valence-corrected chi connectivity index (χ1v) is 9.59. The Kier molecular flexibility index (Phi) is 6.12. The van der Waals surface area contributed by atoms with Crippen molar-refractivity contribution in [3.8, 4) is 11.6 Å². The Balaban J connectivity index is 1.53. The van der Waals surface area contributed by atoms with Crippen molar-refractivity contribution in [1.29, 1.82) is 0 Å². The zero-order valence-electron chi connectivity index (χ0n) is 14.9. The highest BCUT2D eigenvalue weighted by atomic mass is 32.2. The van der Waals surface area contributed by atoms with Gasteiger partial charge in [-0.15, -0.1) is 10.2 Å². The molecule has 0 saturated carbocycles. The van der Waals surface area contributed by atoms with Gasteiger partial charge in [-0.1, -0.05) is 49.0 Å². The molecular weight excluding hydrogens is 348 g/mol. The minimum absolute atomic E-state index is 0.0111. The summed E-state index contributed by atoms with van der Waals surface area (Å²) in [5.74, 6) is 1.92. The molecule has 1 unspecified atom stereocenters. The molecule has 7 heteroatoms. The van der Waals surface area contributed by atoms with Crippen LogP contribution in [0.5, 0.6) is 0 Å². The average molecular weight is 370 g/mol. The number of aromatic nitrogens is 3. The zero-order valence-corrected chi connectivity index (χ0v) is 15.7. The number of nitrogens with zero attached hydrogens (tertiary/aromatic N) is 3. The number of hydrogen-bond acceptors (Lipinski definition) is 5. The normalized spacial score (nSPS) is 12.1. The molecular formula is C19H22N4O2S. The van der Waals surface area contributed by atoms with E-state index in [1.807, 2.05) is 41.8 Å². The average Bonchev–Trinajstić information content (AvgIpc) is 3.34. The summed E-state index contributed by atoms with van der Waals surface area (Å²) in [5.41, 5.74) is 1.22. The highest BCUT2D eigenvalue weighted by Gasteiger charge is 2.16. The molecule has 2 aromatic heterocycles. The third-order valence-electron chi connectivity index (χ3n) is 4.08.